The van der Waals surface area contributed by atoms with Gasteiger partial charge < -0.3 is 25.0 Å². The molecule has 2 aliphatic heterocycles. The smallest absolute Gasteiger partial charge is 0.253 e. The summed E-state index contributed by atoms with van der Waals surface area (Å²) in [4.78, 5) is 41.0. The highest BCUT2D eigenvalue weighted by molar-refractivity contribution is 5.98. The Morgan fingerprint density at radius 3 is 2.26 bits per heavy atom. The van der Waals surface area contributed by atoms with Gasteiger partial charge in [0.05, 0.1) is 0 Å². The van der Waals surface area contributed by atoms with Gasteiger partial charge in [-0.2, -0.15) is 0 Å². The van der Waals surface area contributed by atoms with E-state index >= 15 is 0 Å². The molecule has 0 spiro atoms. The standard InChI is InChI=1S/C27H33N3O5/c1-17(2)18(3)28-26(32)24(29-25(31)20-7-5-4-6-8-20)19-11-13-30(14-12-19)27(33)21-9-10-22-23(15-21)35-16-34-22/h4-10,15,17-19,24H,11-14,16H2,1-3H3,(H,28,32)(H,29,31)/t18-,24-/m1/s1. The molecule has 8 heteroatoms. The summed E-state index contributed by atoms with van der Waals surface area (Å²) in [5.41, 5.74) is 1.06. The molecule has 0 radical (unpaired) electrons. The van der Waals surface area contributed by atoms with E-state index in [1.165, 1.54) is 0 Å². The van der Waals surface area contributed by atoms with Gasteiger partial charge in [-0.3, -0.25) is 14.4 Å². The second kappa shape index (κ2) is 10.8. The first-order valence-corrected chi connectivity index (χ1v) is 12.2. The predicted octanol–water partition coefficient (Wildman–Crippen LogP) is 3.23. The molecule has 0 aromatic heterocycles. The molecule has 2 aromatic carbocycles. The Kier molecular flexibility index (Phi) is 7.58. The van der Waals surface area contributed by atoms with Crippen LogP contribution in [0, 0.1) is 11.8 Å². The average molecular weight is 480 g/mol. The molecule has 4 rings (SSSR count). The molecule has 2 aliphatic rings. The van der Waals surface area contributed by atoms with Crippen molar-refractivity contribution in [2.45, 2.75) is 45.7 Å². The van der Waals surface area contributed by atoms with E-state index in [0.29, 0.717) is 48.6 Å². The first-order chi connectivity index (χ1) is 16.8. The molecule has 2 aromatic rings. The number of piperidine rings is 1. The van der Waals surface area contributed by atoms with Gasteiger partial charge in [-0.15, -0.1) is 0 Å². The molecule has 2 heterocycles. The van der Waals surface area contributed by atoms with E-state index in [1.54, 1.807) is 47.4 Å². The van der Waals surface area contributed by atoms with Gasteiger partial charge >= 0.3 is 0 Å². The zero-order chi connectivity index (χ0) is 24.9. The molecule has 8 nitrogen and oxygen atoms in total. The molecule has 0 bridgehead atoms. The summed E-state index contributed by atoms with van der Waals surface area (Å²) in [6.45, 7) is 7.22. The van der Waals surface area contributed by atoms with Crippen LogP contribution in [0.5, 0.6) is 11.5 Å². The van der Waals surface area contributed by atoms with Crippen molar-refractivity contribution in [3.8, 4) is 11.5 Å². The minimum absolute atomic E-state index is 0.0219. The average Bonchev–Trinajstić information content (AvgIpc) is 3.35. The molecule has 1 fully saturated rings. The molecule has 0 saturated carbocycles. The molecular weight excluding hydrogens is 446 g/mol. The monoisotopic (exact) mass is 479 g/mol. The van der Waals surface area contributed by atoms with Crippen LogP contribution in [0.3, 0.4) is 0 Å². The maximum absolute atomic E-state index is 13.2. The second-order valence-corrected chi connectivity index (χ2v) is 9.56. The third-order valence-electron chi connectivity index (χ3n) is 6.89. The van der Waals surface area contributed by atoms with Crippen molar-refractivity contribution in [3.05, 3.63) is 59.7 Å². The number of nitrogens with one attached hydrogen (secondary N) is 2. The van der Waals surface area contributed by atoms with Gasteiger partial charge in [0.1, 0.15) is 6.04 Å². The van der Waals surface area contributed by atoms with E-state index in [-0.39, 0.29) is 42.4 Å². The first-order valence-electron chi connectivity index (χ1n) is 12.2. The lowest BCUT2D eigenvalue weighted by Crippen LogP contribution is -2.55. The van der Waals surface area contributed by atoms with Crippen molar-refractivity contribution in [1.29, 1.82) is 0 Å². The van der Waals surface area contributed by atoms with Crippen LogP contribution in [0.1, 0.15) is 54.3 Å². The maximum atomic E-state index is 13.2. The van der Waals surface area contributed by atoms with E-state index in [4.69, 9.17) is 9.47 Å². The third-order valence-corrected chi connectivity index (χ3v) is 6.89. The van der Waals surface area contributed by atoms with Crippen LogP contribution in [-0.2, 0) is 4.79 Å². The van der Waals surface area contributed by atoms with Gasteiger partial charge in [0.2, 0.25) is 12.7 Å². The zero-order valence-corrected chi connectivity index (χ0v) is 20.5. The summed E-state index contributed by atoms with van der Waals surface area (Å²) >= 11 is 0. The van der Waals surface area contributed by atoms with E-state index < -0.39 is 6.04 Å². The van der Waals surface area contributed by atoms with Crippen LogP contribution >= 0.6 is 0 Å². The number of benzene rings is 2. The number of carbonyl (C=O) groups is 3. The van der Waals surface area contributed by atoms with Crippen molar-refractivity contribution in [2.75, 3.05) is 19.9 Å². The van der Waals surface area contributed by atoms with Crippen LogP contribution in [-0.4, -0.2) is 54.6 Å². The molecule has 2 N–H and O–H groups in total. The van der Waals surface area contributed by atoms with Gasteiger partial charge in [0.25, 0.3) is 11.8 Å². The number of amides is 3. The zero-order valence-electron chi connectivity index (χ0n) is 20.5. The fourth-order valence-corrected chi connectivity index (χ4v) is 4.34. The number of nitrogens with zero attached hydrogens (tertiary/aromatic N) is 1. The lowest BCUT2D eigenvalue weighted by molar-refractivity contribution is -0.125. The number of rotatable bonds is 7. The third kappa shape index (κ3) is 5.75. The van der Waals surface area contributed by atoms with Crippen LogP contribution in [0.25, 0.3) is 0 Å². The van der Waals surface area contributed by atoms with E-state index in [2.05, 4.69) is 10.6 Å². The summed E-state index contributed by atoms with van der Waals surface area (Å²) in [6.07, 6.45) is 1.22. The predicted molar refractivity (Wildman–Crippen MR) is 131 cm³/mol. The maximum Gasteiger partial charge on any atom is 0.253 e. The minimum atomic E-state index is -0.674. The Bertz CT molecular complexity index is 1060. The van der Waals surface area contributed by atoms with Crippen LogP contribution < -0.4 is 20.1 Å². The molecule has 35 heavy (non-hydrogen) atoms. The molecule has 2 atom stereocenters. The lowest BCUT2D eigenvalue weighted by atomic mass is 9.87. The van der Waals surface area contributed by atoms with Crippen molar-refractivity contribution < 1.29 is 23.9 Å². The summed E-state index contributed by atoms with van der Waals surface area (Å²) in [5.74, 6) is 0.861. The largest absolute Gasteiger partial charge is 0.454 e. The summed E-state index contributed by atoms with van der Waals surface area (Å²) in [5, 5.41) is 6.02. The van der Waals surface area contributed by atoms with E-state index in [0.717, 1.165) is 0 Å². The quantitative estimate of drug-likeness (QED) is 0.636. The van der Waals surface area contributed by atoms with Crippen molar-refractivity contribution in [2.24, 2.45) is 11.8 Å². The van der Waals surface area contributed by atoms with Gasteiger partial charge in [-0.25, -0.2) is 0 Å². The Morgan fingerprint density at radius 2 is 1.57 bits per heavy atom. The first kappa shape index (κ1) is 24.6. The molecule has 1 saturated heterocycles. The van der Waals surface area contributed by atoms with E-state index in [1.807, 2.05) is 26.8 Å². The van der Waals surface area contributed by atoms with Gasteiger partial charge in [-0.05, 0) is 61.9 Å². The number of fused-ring (bicyclic) bond motifs is 1. The van der Waals surface area contributed by atoms with Crippen molar-refractivity contribution in [1.82, 2.24) is 15.5 Å². The number of ether oxygens (including phenoxy) is 2. The second-order valence-electron chi connectivity index (χ2n) is 9.56. The van der Waals surface area contributed by atoms with Gasteiger partial charge in [0, 0.05) is 30.3 Å². The summed E-state index contributed by atoms with van der Waals surface area (Å²) < 4.78 is 10.7. The number of likely N-dealkylation sites (tertiary alicyclic amines) is 1. The fraction of sp³-hybridized carbons (Fsp3) is 0.444. The molecule has 3 amide bonds. The molecule has 0 unspecified atom stereocenters. The highest BCUT2D eigenvalue weighted by Gasteiger charge is 2.35. The SMILES string of the molecule is CC(C)[C@@H](C)NC(=O)[C@H](NC(=O)c1ccccc1)C1CCN(C(=O)c2ccc3c(c2)OCO3)CC1. The summed E-state index contributed by atoms with van der Waals surface area (Å²) in [7, 11) is 0. The van der Waals surface area contributed by atoms with Crippen LogP contribution in [0.15, 0.2) is 48.5 Å². The van der Waals surface area contributed by atoms with Crippen molar-refractivity contribution in [3.63, 3.8) is 0 Å². The Labute approximate surface area is 206 Å². The normalized spacial score (nSPS) is 17.1. The van der Waals surface area contributed by atoms with Crippen molar-refractivity contribution >= 4 is 17.7 Å². The van der Waals surface area contributed by atoms with Gasteiger partial charge in [-0.1, -0.05) is 32.0 Å². The summed E-state index contributed by atoms with van der Waals surface area (Å²) in [6, 6.07) is 13.4. The van der Waals surface area contributed by atoms with Crippen LogP contribution in [0.2, 0.25) is 0 Å². The Morgan fingerprint density at radius 1 is 0.886 bits per heavy atom. The minimum Gasteiger partial charge on any atom is -0.454 e. The topological polar surface area (TPSA) is 97.0 Å². The van der Waals surface area contributed by atoms with Crippen LogP contribution in [0.4, 0.5) is 0 Å². The Balaban J connectivity index is 1.43. The number of carbonyl (C=O) groups excluding carboxylic acids is 3. The highest BCUT2D eigenvalue weighted by Crippen LogP contribution is 2.33. The van der Waals surface area contributed by atoms with Gasteiger partial charge in [0.15, 0.2) is 11.5 Å². The van der Waals surface area contributed by atoms with E-state index in [9.17, 15) is 14.4 Å². The fourth-order valence-electron chi connectivity index (χ4n) is 4.34. The molecule has 186 valence electrons. The Hall–Kier alpha value is -3.55. The highest BCUT2D eigenvalue weighted by atomic mass is 16.7. The number of hydrogen-bond acceptors (Lipinski definition) is 5. The molecule has 0 aliphatic carbocycles. The molecular formula is C27H33N3O5. The number of hydrogen-bond donors (Lipinski definition) is 2. The lowest BCUT2D eigenvalue weighted by Gasteiger charge is -2.36.